The molecule has 0 spiro atoms. The molecule has 0 aromatic rings. The van der Waals surface area contributed by atoms with E-state index in [2.05, 4.69) is 29.7 Å². The van der Waals surface area contributed by atoms with Gasteiger partial charge in [-0.3, -0.25) is 23.4 Å². The second kappa shape index (κ2) is 35.4. The molecule has 61 heavy (non-hydrogen) atoms. The molecule has 0 aliphatic carbocycles. The van der Waals surface area contributed by atoms with Crippen LogP contribution in [0.2, 0.25) is 0 Å². The number of unbranched alkanes of at least 4 members (excludes halogenated alkanes) is 19. The summed E-state index contributed by atoms with van der Waals surface area (Å²) in [5.74, 6) is 0.179. The van der Waals surface area contributed by atoms with Gasteiger partial charge in [-0.1, -0.05) is 122 Å². The summed E-state index contributed by atoms with van der Waals surface area (Å²) in [6.45, 7) is 1.34. The van der Waals surface area contributed by atoms with Crippen molar-refractivity contribution >= 4 is 43.3 Å². The van der Waals surface area contributed by atoms with Gasteiger partial charge < -0.3 is 36.5 Å². The molecule has 0 bridgehead atoms. The van der Waals surface area contributed by atoms with Crippen molar-refractivity contribution in [1.29, 1.82) is 0 Å². The Morgan fingerprint density at radius 3 is 1.98 bits per heavy atom. The first-order valence-electron chi connectivity index (χ1n) is 23.8. The van der Waals surface area contributed by atoms with Gasteiger partial charge >= 0.3 is 25.8 Å². The number of carbonyl (C=O) groups excluding carboxylic acids is 4. The van der Waals surface area contributed by atoms with Crippen LogP contribution in [-0.4, -0.2) is 90.2 Å². The molecule has 2 unspecified atom stereocenters. The van der Waals surface area contributed by atoms with E-state index in [0.717, 1.165) is 108 Å². The lowest BCUT2D eigenvalue weighted by Crippen LogP contribution is -2.36. The van der Waals surface area contributed by atoms with Crippen molar-refractivity contribution in [2.45, 2.75) is 216 Å². The van der Waals surface area contributed by atoms with Gasteiger partial charge in [-0.2, -0.15) is 11.8 Å². The fraction of sp³-hybridized carbons (Fsp3) is 0.867. The van der Waals surface area contributed by atoms with E-state index in [4.69, 9.17) is 30.0 Å². The third-order valence-corrected chi connectivity index (χ3v) is 13.8. The van der Waals surface area contributed by atoms with E-state index in [1.807, 2.05) is 11.8 Å². The summed E-state index contributed by atoms with van der Waals surface area (Å²) >= 11 is 1.90. The van der Waals surface area contributed by atoms with E-state index in [0.29, 0.717) is 30.9 Å². The van der Waals surface area contributed by atoms with Crippen LogP contribution in [-0.2, 0) is 37.5 Å². The van der Waals surface area contributed by atoms with Gasteiger partial charge in [0, 0.05) is 36.8 Å². The number of urea groups is 1. The van der Waals surface area contributed by atoms with Crippen molar-refractivity contribution in [3.8, 4) is 0 Å². The summed E-state index contributed by atoms with van der Waals surface area (Å²) in [5.41, 5.74) is 11.5. The zero-order chi connectivity index (χ0) is 44.4. The lowest BCUT2D eigenvalue weighted by atomic mass is 9.98. The van der Waals surface area contributed by atoms with Crippen molar-refractivity contribution in [3.05, 3.63) is 12.2 Å². The molecule has 0 aromatic heterocycles. The molecule has 0 aromatic carbocycles. The Bertz CT molecular complexity index is 1280. The first-order chi connectivity index (χ1) is 29.5. The van der Waals surface area contributed by atoms with Crippen molar-refractivity contribution in [2.24, 2.45) is 11.5 Å². The number of phosphoric ester groups is 1. The molecule has 7 N–H and O–H groups in total. The molecule has 0 radical (unpaired) electrons. The summed E-state index contributed by atoms with van der Waals surface area (Å²) in [6.07, 6.45) is 30.7. The fourth-order valence-electron chi connectivity index (χ4n) is 7.67. The van der Waals surface area contributed by atoms with E-state index in [9.17, 15) is 28.6 Å². The van der Waals surface area contributed by atoms with Crippen molar-refractivity contribution in [3.63, 3.8) is 0 Å². The summed E-state index contributed by atoms with van der Waals surface area (Å²) in [6, 6.07) is -0.0336. The molecule has 16 heteroatoms. The lowest BCUT2D eigenvalue weighted by molar-refractivity contribution is -0.161. The molecule has 6 atom stereocenters. The summed E-state index contributed by atoms with van der Waals surface area (Å²) in [5, 5.41) is 6.39. The number of ketones is 1. The van der Waals surface area contributed by atoms with Crippen LogP contribution in [0.4, 0.5) is 4.79 Å². The maximum Gasteiger partial charge on any atom is 0.472 e. The fourth-order valence-corrected chi connectivity index (χ4v) is 9.98. The van der Waals surface area contributed by atoms with Crippen LogP contribution in [0.5, 0.6) is 0 Å². The number of amides is 2. The number of carbonyl (C=O) groups is 4. The number of esters is 2. The van der Waals surface area contributed by atoms with Crippen LogP contribution in [0.3, 0.4) is 0 Å². The maximum atomic E-state index is 12.6. The molecule has 2 fully saturated rings. The van der Waals surface area contributed by atoms with Gasteiger partial charge in [0.25, 0.3) is 0 Å². The van der Waals surface area contributed by atoms with E-state index in [-0.39, 0.29) is 56.5 Å². The van der Waals surface area contributed by atoms with Gasteiger partial charge in [0.15, 0.2) is 6.10 Å². The molecule has 2 rings (SSSR count). The average molecular weight is 903 g/mol. The van der Waals surface area contributed by atoms with Gasteiger partial charge in [-0.05, 0) is 57.8 Å². The Morgan fingerprint density at radius 2 is 1.34 bits per heavy atom. The van der Waals surface area contributed by atoms with Gasteiger partial charge in [-0.15, -0.1) is 0 Å². The minimum Gasteiger partial charge on any atom is -0.462 e. The van der Waals surface area contributed by atoms with Crippen LogP contribution in [0.25, 0.3) is 0 Å². The van der Waals surface area contributed by atoms with Crippen LogP contribution in [0, 0.1) is 0 Å². The summed E-state index contributed by atoms with van der Waals surface area (Å²) < 4.78 is 32.8. The van der Waals surface area contributed by atoms with E-state index in [1.165, 1.54) is 38.5 Å². The predicted molar refractivity (Wildman–Crippen MR) is 244 cm³/mol. The monoisotopic (exact) mass is 903 g/mol. The minimum atomic E-state index is -4.41. The predicted octanol–water partition coefficient (Wildman–Crippen LogP) is 9.09. The standard InChI is InChI=1S/C45H83N4O10PS/c1-2-3-4-5-6-7-8-9-10-11-12-13-18-21-24-31-43(52)59-37(35-58-60(54,55)57-33-32-46)34-56-42(51)30-23-20-17-15-14-16-19-22-27-38(47)40(50)28-25-26-29-41-44-39(36-61-41)48-45(53)49-44/h9-10,37-39,41,44H,2-8,11-36,46-47H2,1H3,(H,54,55)(H2,48,49,53)/b10-9-/t37-,38?,39+,41+,44+/m1/s1. The quantitative estimate of drug-likeness (QED) is 0.0127. The third-order valence-electron chi connectivity index (χ3n) is 11.3. The Labute approximate surface area is 371 Å². The Hall–Kier alpha value is -2.00. The number of fused-ring (bicyclic) bond motifs is 1. The number of hydrogen-bond donors (Lipinski definition) is 5. The number of ether oxygens (including phenoxy) is 2. The number of Topliss-reactive ketones (excluding diaryl/α,β-unsaturated/α-hetero) is 1. The molecule has 354 valence electrons. The van der Waals surface area contributed by atoms with E-state index >= 15 is 0 Å². The highest BCUT2D eigenvalue weighted by Gasteiger charge is 2.42. The smallest absolute Gasteiger partial charge is 0.462 e. The zero-order valence-electron chi connectivity index (χ0n) is 37.5. The molecule has 2 aliphatic rings. The van der Waals surface area contributed by atoms with Crippen molar-refractivity contribution in [1.82, 2.24) is 10.6 Å². The lowest BCUT2D eigenvalue weighted by Gasteiger charge is -2.19. The SMILES string of the molecule is CCCCCCCC/C=C\CCCCCCCC(=O)O[C@H](COC(=O)CCCCCCCCCCC(N)C(=O)CCCC[C@@H]1SC[C@@H]2NC(=O)N[C@@H]21)COP(=O)(O)OCCN. The number of rotatable bonds is 41. The maximum absolute atomic E-state index is 12.6. The number of nitrogens with one attached hydrogen (secondary N) is 2. The van der Waals surface area contributed by atoms with E-state index in [1.54, 1.807) is 0 Å². The van der Waals surface area contributed by atoms with Crippen molar-refractivity contribution < 1.29 is 47.2 Å². The van der Waals surface area contributed by atoms with Crippen LogP contribution >= 0.6 is 19.6 Å². The molecule has 2 saturated heterocycles. The number of thioether (sulfide) groups is 1. The summed E-state index contributed by atoms with van der Waals surface area (Å²) in [4.78, 5) is 59.1. The molecule has 0 saturated carbocycles. The number of allylic oxidation sites excluding steroid dienone is 2. The first-order valence-corrected chi connectivity index (χ1v) is 26.4. The van der Waals surface area contributed by atoms with Gasteiger partial charge in [-0.25, -0.2) is 9.36 Å². The average Bonchev–Trinajstić information content (AvgIpc) is 3.80. The van der Waals surface area contributed by atoms with Gasteiger partial charge in [0.2, 0.25) is 0 Å². The van der Waals surface area contributed by atoms with Crippen LogP contribution < -0.4 is 22.1 Å². The number of nitrogens with two attached hydrogens (primary N) is 2. The molecular formula is C45H83N4O10PS. The Morgan fingerprint density at radius 1 is 0.770 bits per heavy atom. The van der Waals surface area contributed by atoms with E-state index < -0.39 is 38.5 Å². The first kappa shape index (κ1) is 55.1. The highest BCUT2D eigenvalue weighted by atomic mass is 32.2. The van der Waals surface area contributed by atoms with Crippen LogP contribution in [0.15, 0.2) is 12.2 Å². The summed E-state index contributed by atoms with van der Waals surface area (Å²) in [7, 11) is -4.41. The second-order valence-electron chi connectivity index (χ2n) is 16.8. The van der Waals surface area contributed by atoms with Crippen LogP contribution in [0.1, 0.15) is 187 Å². The largest absolute Gasteiger partial charge is 0.472 e. The topological polar surface area (TPSA) is 219 Å². The minimum absolute atomic E-state index is 0.0319. The molecule has 2 heterocycles. The van der Waals surface area contributed by atoms with Gasteiger partial charge in [0.05, 0.1) is 31.3 Å². The molecular weight excluding hydrogens is 820 g/mol. The number of hydrogen-bond acceptors (Lipinski definition) is 12. The highest BCUT2D eigenvalue weighted by molar-refractivity contribution is 8.00. The number of phosphoric acid groups is 1. The molecule has 14 nitrogen and oxygen atoms in total. The zero-order valence-corrected chi connectivity index (χ0v) is 39.2. The Kier molecular flexibility index (Phi) is 32.0. The molecule has 2 aliphatic heterocycles. The van der Waals surface area contributed by atoms with Crippen molar-refractivity contribution in [2.75, 3.05) is 32.1 Å². The Balaban J connectivity index is 1.49. The second-order valence-corrected chi connectivity index (χ2v) is 19.5. The normalized spacial score (nSPS) is 19.3. The third kappa shape index (κ3) is 28.4. The molecule has 2 amide bonds. The van der Waals surface area contributed by atoms with Gasteiger partial charge in [0.1, 0.15) is 12.4 Å². The highest BCUT2D eigenvalue weighted by Crippen LogP contribution is 2.43.